The van der Waals surface area contributed by atoms with Crippen LogP contribution in [0.15, 0.2) is 49.2 Å². The molecule has 0 spiro atoms. The zero-order valence-corrected chi connectivity index (χ0v) is 18.6. The fraction of sp³-hybridized carbons (Fsp3) is 0.423. The van der Waals surface area contributed by atoms with Crippen LogP contribution in [0.3, 0.4) is 0 Å². The molecule has 5 heteroatoms. The minimum absolute atomic E-state index is 0.114. The molecule has 1 aromatic carbocycles. The topological polar surface area (TPSA) is 31.4 Å². The number of hydrogen-bond donors (Lipinski definition) is 0. The van der Waals surface area contributed by atoms with Crippen molar-refractivity contribution in [3.8, 4) is 16.9 Å². The van der Waals surface area contributed by atoms with Crippen LogP contribution < -0.4 is 4.74 Å². The number of pyridine rings is 1. The molecule has 168 valence electrons. The Morgan fingerprint density at radius 2 is 1.94 bits per heavy atom. The molecule has 1 heterocycles. The third-order valence-corrected chi connectivity index (χ3v) is 4.92. The van der Waals surface area contributed by atoms with E-state index < -0.39 is 11.6 Å². The summed E-state index contributed by atoms with van der Waals surface area (Å²) < 4.78 is 39.5. The third kappa shape index (κ3) is 8.25. The summed E-state index contributed by atoms with van der Waals surface area (Å²) in [6.07, 6.45) is 13.9. The maximum Gasteiger partial charge on any atom is 0.201 e. The average molecular weight is 430 g/mol. The number of allylic oxidation sites excluding steroid dienone is 1. The van der Waals surface area contributed by atoms with Crippen molar-refractivity contribution in [3.63, 3.8) is 0 Å². The van der Waals surface area contributed by atoms with Gasteiger partial charge in [-0.3, -0.25) is 4.98 Å². The zero-order chi connectivity index (χ0) is 22.5. The van der Waals surface area contributed by atoms with Crippen molar-refractivity contribution in [2.75, 3.05) is 13.2 Å². The van der Waals surface area contributed by atoms with E-state index in [0.717, 1.165) is 38.0 Å². The van der Waals surface area contributed by atoms with Crippen LogP contribution in [0, 0.1) is 11.6 Å². The van der Waals surface area contributed by atoms with E-state index >= 15 is 0 Å². The summed E-state index contributed by atoms with van der Waals surface area (Å²) in [7, 11) is 0. The van der Waals surface area contributed by atoms with Crippen LogP contribution >= 0.6 is 0 Å². The summed E-state index contributed by atoms with van der Waals surface area (Å²) in [5, 5.41) is 0. The third-order valence-electron chi connectivity index (χ3n) is 4.92. The van der Waals surface area contributed by atoms with Crippen LogP contribution in [0.4, 0.5) is 8.78 Å². The highest BCUT2D eigenvalue weighted by Crippen LogP contribution is 2.29. The molecule has 0 saturated carbocycles. The summed E-state index contributed by atoms with van der Waals surface area (Å²) in [5.41, 5.74) is 1.44. The largest absolute Gasteiger partial charge is 0.486 e. The number of hydrogen-bond acceptors (Lipinski definition) is 3. The van der Waals surface area contributed by atoms with Crippen molar-refractivity contribution < 1.29 is 18.3 Å². The van der Waals surface area contributed by atoms with Gasteiger partial charge in [-0.25, -0.2) is 4.39 Å². The predicted octanol–water partition coefficient (Wildman–Crippen LogP) is 7.37. The first-order valence-corrected chi connectivity index (χ1v) is 11.0. The van der Waals surface area contributed by atoms with Crippen LogP contribution in [-0.4, -0.2) is 24.3 Å². The highest BCUT2D eigenvalue weighted by molar-refractivity contribution is 5.65. The lowest BCUT2D eigenvalue weighted by molar-refractivity contribution is 0.0566. The molecule has 0 N–H and O–H groups in total. The van der Waals surface area contributed by atoms with Gasteiger partial charge in [0.15, 0.2) is 11.6 Å². The first kappa shape index (κ1) is 24.7. The minimum atomic E-state index is -1.01. The molecule has 0 bridgehead atoms. The highest BCUT2D eigenvalue weighted by atomic mass is 19.2. The molecule has 1 aromatic heterocycles. The first-order valence-electron chi connectivity index (χ1n) is 11.0. The van der Waals surface area contributed by atoms with Crippen molar-refractivity contribution in [1.82, 2.24) is 4.98 Å². The molecule has 0 aliphatic carbocycles. The molecular weight excluding hydrogens is 396 g/mol. The van der Waals surface area contributed by atoms with E-state index in [4.69, 9.17) is 9.47 Å². The molecule has 0 radical (unpaired) electrons. The van der Waals surface area contributed by atoms with Crippen LogP contribution in [-0.2, 0) is 4.74 Å². The SMILES string of the molecule is C=CCOc1ccc(-c2ccc(/C=C/CCCC(C)OCCCCC)nc2)c(F)c1F. The molecule has 31 heavy (non-hydrogen) atoms. The van der Waals surface area contributed by atoms with Gasteiger partial charge in [-0.1, -0.05) is 44.6 Å². The predicted molar refractivity (Wildman–Crippen MR) is 123 cm³/mol. The fourth-order valence-corrected chi connectivity index (χ4v) is 3.13. The molecule has 0 aliphatic rings. The Morgan fingerprint density at radius 1 is 1.10 bits per heavy atom. The van der Waals surface area contributed by atoms with Gasteiger partial charge >= 0.3 is 0 Å². The maximum atomic E-state index is 14.4. The zero-order valence-electron chi connectivity index (χ0n) is 18.6. The molecule has 1 unspecified atom stereocenters. The van der Waals surface area contributed by atoms with Gasteiger partial charge in [-0.15, -0.1) is 0 Å². The number of unbranched alkanes of at least 4 members (excludes halogenated alkanes) is 3. The molecule has 0 saturated heterocycles. The van der Waals surface area contributed by atoms with Gasteiger partial charge in [0, 0.05) is 23.9 Å². The summed E-state index contributed by atoms with van der Waals surface area (Å²) in [6, 6.07) is 6.44. The second kappa shape index (κ2) is 13.7. The van der Waals surface area contributed by atoms with Gasteiger partial charge in [-0.05, 0) is 56.9 Å². The molecule has 0 aliphatic heterocycles. The van der Waals surface area contributed by atoms with E-state index in [1.807, 2.05) is 6.08 Å². The monoisotopic (exact) mass is 429 g/mol. The summed E-state index contributed by atoms with van der Waals surface area (Å²) >= 11 is 0. The van der Waals surface area contributed by atoms with Gasteiger partial charge in [0.1, 0.15) is 6.61 Å². The summed E-state index contributed by atoms with van der Waals surface area (Å²) in [5.74, 6) is -2.08. The van der Waals surface area contributed by atoms with Gasteiger partial charge in [0.05, 0.1) is 11.8 Å². The Bertz CT molecular complexity index is 834. The number of aromatic nitrogens is 1. The molecule has 0 amide bonds. The molecular formula is C26H33F2NO2. The van der Waals surface area contributed by atoms with Crippen LogP contribution in [0.25, 0.3) is 17.2 Å². The molecule has 3 nitrogen and oxygen atoms in total. The van der Waals surface area contributed by atoms with Crippen LogP contribution in [0.1, 0.15) is 58.1 Å². The lowest BCUT2D eigenvalue weighted by Crippen LogP contribution is -2.08. The van der Waals surface area contributed by atoms with Crippen molar-refractivity contribution in [2.45, 2.75) is 58.5 Å². The average Bonchev–Trinajstić information content (AvgIpc) is 2.78. The Morgan fingerprint density at radius 3 is 2.65 bits per heavy atom. The van der Waals surface area contributed by atoms with E-state index in [2.05, 4.69) is 31.5 Å². The van der Waals surface area contributed by atoms with E-state index in [9.17, 15) is 8.78 Å². The molecule has 1 atom stereocenters. The van der Waals surface area contributed by atoms with Crippen molar-refractivity contribution in [1.29, 1.82) is 0 Å². The lowest BCUT2D eigenvalue weighted by Gasteiger charge is -2.12. The quantitative estimate of drug-likeness (QED) is 0.232. The van der Waals surface area contributed by atoms with Crippen molar-refractivity contribution >= 4 is 6.08 Å². The highest BCUT2D eigenvalue weighted by Gasteiger charge is 2.15. The summed E-state index contributed by atoms with van der Waals surface area (Å²) in [6.45, 7) is 8.76. The first-order chi connectivity index (χ1) is 15.1. The summed E-state index contributed by atoms with van der Waals surface area (Å²) in [4.78, 5) is 4.34. The Labute approximate surface area is 184 Å². The maximum absolute atomic E-state index is 14.4. The fourth-order valence-electron chi connectivity index (χ4n) is 3.13. The molecule has 2 rings (SSSR count). The van der Waals surface area contributed by atoms with Gasteiger partial charge in [0.25, 0.3) is 0 Å². The van der Waals surface area contributed by atoms with E-state index in [1.54, 1.807) is 18.3 Å². The number of ether oxygens (including phenoxy) is 2. The van der Waals surface area contributed by atoms with Crippen molar-refractivity contribution in [3.05, 3.63) is 66.5 Å². The standard InChI is InChI=1S/C26H33F2NO2/c1-4-6-10-18-30-20(3)11-8-7-9-12-22-14-13-21(19-29-22)23-15-16-24(31-17-5-2)26(28)25(23)27/h5,9,12-16,19-20H,2,4,6-8,10-11,17-18H2,1,3H3/b12-9+. The van der Waals surface area contributed by atoms with Gasteiger partial charge in [0.2, 0.25) is 5.82 Å². The van der Waals surface area contributed by atoms with E-state index in [-0.39, 0.29) is 24.0 Å². The Kier molecular flexibility index (Phi) is 10.9. The number of nitrogens with zero attached hydrogens (tertiary/aromatic N) is 1. The Balaban J connectivity index is 1.84. The number of rotatable bonds is 14. The minimum Gasteiger partial charge on any atom is -0.486 e. The van der Waals surface area contributed by atoms with E-state index in [1.165, 1.54) is 31.1 Å². The van der Waals surface area contributed by atoms with E-state index in [0.29, 0.717) is 5.56 Å². The number of halogens is 2. The van der Waals surface area contributed by atoms with Gasteiger partial charge < -0.3 is 9.47 Å². The lowest BCUT2D eigenvalue weighted by atomic mass is 10.1. The Hall–Kier alpha value is -2.53. The molecule has 0 fully saturated rings. The number of benzene rings is 1. The second-order valence-electron chi connectivity index (χ2n) is 7.53. The second-order valence-corrected chi connectivity index (χ2v) is 7.53. The van der Waals surface area contributed by atoms with Crippen LogP contribution in [0.5, 0.6) is 5.75 Å². The van der Waals surface area contributed by atoms with Crippen LogP contribution in [0.2, 0.25) is 0 Å². The normalized spacial score (nSPS) is 12.3. The van der Waals surface area contributed by atoms with Crippen molar-refractivity contribution in [2.24, 2.45) is 0 Å². The smallest absolute Gasteiger partial charge is 0.201 e. The van der Waals surface area contributed by atoms with Gasteiger partial charge in [-0.2, -0.15) is 4.39 Å². The molecule has 2 aromatic rings.